The summed E-state index contributed by atoms with van der Waals surface area (Å²) in [6.07, 6.45) is 0. The molecule has 214 valence electrons. The quantitative estimate of drug-likeness (QED) is 0.196. The Morgan fingerprint density at radius 1 is 0.511 bits per heavy atom. The highest BCUT2D eigenvalue weighted by Crippen LogP contribution is 2.52. The fourth-order valence-corrected chi connectivity index (χ4v) is 8.67. The summed E-state index contributed by atoms with van der Waals surface area (Å²) < 4.78 is 2.65. The van der Waals surface area contributed by atoms with Crippen molar-refractivity contribution in [3.63, 3.8) is 0 Å². The number of benzene rings is 7. The summed E-state index contributed by atoms with van der Waals surface area (Å²) in [7, 11) is 0. The minimum atomic E-state index is -0.0848. The van der Waals surface area contributed by atoms with Crippen LogP contribution in [0.15, 0.2) is 152 Å². The van der Waals surface area contributed by atoms with Crippen molar-refractivity contribution in [2.75, 3.05) is 4.90 Å². The average Bonchev–Trinajstić information content (AvgIpc) is 3.59. The minimum Gasteiger partial charge on any atom is -0.310 e. The van der Waals surface area contributed by atoms with Crippen LogP contribution < -0.4 is 4.90 Å². The van der Waals surface area contributed by atoms with Crippen molar-refractivity contribution in [2.24, 2.45) is 0 Å². The van der Waals surface area contributed by atoms with E-state index in [-0.39, 0.29) is 5.41 Å². The van der Waals surface area contributed by atoms with Crippen molar-refractivity contribution in [1.29, 1.82) is 0 Å². The first-order valence-electron chi connectivity index (χ1n) is 15.6. The second-order valence-electron chi connectivity index (χ2n) is 12.6. The van der Waals surface area contributed by atoms with Crippen molar-refractivity contribution in [3.8, 4) is 22.3 Å². The third-order valence-corrected chi connectivity index (χ3v) is 10.9. The molecule has 1 heterocycles. The van der Waals surface area contributed by atoms with Crippen LogP contribution in [0.25, 0.3) is 53.2 Å². The van der Waals surface area contributed by atoms with Crippen molar-refractivity contribution in [3.05, 3.63) is 163 Å². The molecule has 0 bridgehead atoms. The maximum atomic E-state index is 2.49. The molecule has 0 amide bonds. The Morgan fingerprint density at radius 2 is 1.16 bits per heavy atom. The van der Waals surface area contributed by atoms with Gasteiger partial charge in [0.1, 0.15) is 0 Å². The molecule has 0 spiro atoms. The van der Waals surface area contributed by atoms with Gasteiger partial charge in [-0.3, -0.25) is 0 Å². The lowest BCUT2D eigenvalue weighted by Crippen LogP contribution is -2.16. The molecule has 0 unspecified atom stereocenters. The Hall–Kier alpha value is -5.18. The van der Waals surface area contributed by atoms with E-state index in [0.29, 0.717) is 0 Å². The Kier molecular flexibility index (Phi) is 5.78. The first-order chi connectivity index (χ1) is 22.1. The van der Waals surface area contributed by atoms with E-state index in [1.165, 1.54) is 75.7 Å². The molecule has 1 aromatic heterocycles. The van der Waals surface area contributed by atoms with E-state index in [9.17, 15) is 0 Å². The van der Waals surface area contributed by atoms with Gasteiger partial charge in [-0.1, -0.05) is 129 Å². The fraction of sp³-hybridized carbons (Fsp3) is 0.0698. The molecule has 0 atom stereocenters. The highest BCUT2D eigenvalue weighted by atomic mass is 32.1. The molecule has 0 saturated carbocycles. The Morgan fingerprint density at radius 3 is 2.00 bits per heavy atom. The Balaban J connectivity index is 1.33. The zero-order valence-electron chi connectivity index (χ0n) is 25.3. The molecular weight excluding hydrogens is 563 g/mol. The van der Waals surface area contributed by atoms with Crippen LogP contribution in [0.2, 0.25) is 0 Å². The van der Waals surface area contributed by atoms with E-state index in [2.05, 4.69) is 170 Å². The van der Waals surface area contributed by atoms with E-state index in [1.54, 1.807) is 0 Å². The van der Waals surface area contributed by atoms with Crippen LogP contribution in [0.5, 0.6) is 0 Å². The molecule has 0 fully saturated rings. The molecule has 0 N–H and O–H groups in total. The van der Waals surface area contributed by atoms with Gasteiger partial charge in [0.05, 0.1) is 5.69 Å². The lowest BCUT2D eigenvalue weighted by molar-refractivity contribution is 0.660. The molecule has 1 aliphatic rings. The number of fused-ring (bicyclic) bond motifs is 8. The molecular formula is C43H31NS. The summed E-state index contributed by atoms with van der Waals surface area (Å²) in [5, 5.41) is 5.18. The summed E-state index contributed by atoms with van der Waals surface area (Å²) in [5.74, 6) is 0. The standard InChI is InChI=1S/C43H31NS/c1-43(2)37-18-10-8-16-34(37)35-25-24-32(27-38(35)43)44(31-22-20-29(21-23-31)28-12-4-3-5-13-28)39-26-30-14-6-7-15-33(30)42-41(39)36-17-9-11-19-40(36)45-42/h3-27H,1-2H3. The third kappa shape index (κ3) is 3.99. The number of rotatable bonds is 4. The molecule has 45 heavy (non-hydrogen) atoms. The van der Waals surface area contributed by atoms with Gasteiger partial charge in [-0.05, 0) is 80.6 Å². The molecule has 0 saturated heterocycles. The van der Waals surface area contributed by atoms with Gasteiger partial charge in [-0.2, -0.15) is 0 Å². The van der Waals surface area contributed by atoms with Gasteiger partial charge >= 0.3 is 0 Å². The monoisotopic (exact) mass is 593 g/mol. The smallest absolute Gasteiger partial charge is 0.0561 e. The second kappa shape index (κ2) is 9.92. The molecule has 0 aliphatic heterocycles. The summed E-state index contributed by atoms with van der Waals surface area (Å²) in [4.78, 5) is 2.49. The minimum absolute atomic E-state index is 0.0848. The molecule has 9 rings (SSSR count). The second-order valence-corrected chi connectivity index (χ2v) is 13.6. The summed E-state index contributed by atoms with van der Waals surface area (Å²) in [6, 6.07) is 55.8. The Bertz CT molecular complexity index is 2400. The summed E-state index contributed by atoms with van der Waals surface area (Å²) >= 11 is 1.90. The molecule has 8 aromatic rings. The maximum Gasteiger partial charge on any atom is 0.0561 e. The van der Waals surface area contributed by atoms with Gasteiger partial charge in [0, 0.05) is 37.0 Å². The van der Waals surface area contributed by atoms with Gasteiger partial charge < -0.3 is 4.90 Å². The zero-order chi connectivity index (χ0) is 30.1. The van der Waals surface area contributed by atoms with E-state index >= 15 is 0 Å². The van der Waals surface area contributed by atoms with Crippen molar-refractivity contribution >= 4 is 59.3 Å². The molecule has 7 aromatic carbocycles. The van der Waals surface area contributed by atoms with E-state index in [4.69, 9.17) is 0 Å². The van der Waals surface area contributed by atoms with E-state index in [0.717, 1.165) is 5.69 Å². The number of anilines is 3. The van der Waals surface area contributed by atoms with E-state index in [1.807, 2.05) is 11.3 Å². The fourth-order valence-electron chi connectivity index (χ4n) is 7.41. The Labute approximate surface area is 267 Å². The van der Waals surface area contributed by atoms with Crippen LogP contribution in [-0.2, 0) is 5.41 Å². The van der Waals surface area contributed by atoms with Crippen molar-refractivity contribution < 1.29 is 0 Å². The van der Waals surface area contributed by atoms with Crippen molar-refractivity contribution in [1.82, 2.24) is 0 Å². The van der Waals surface area contributed by atoms with Gasteiger partial charge in [-0.15, -0.1) is 11.3 Å². The maximum absolute atomic E-state index is 2.49. The average molecular weight is 594 g/mol. The molecule has 0 radical (unpaired) electrons. The van der Waals surface area contributed by atoms with Gasteiger partial charge in [0.25, 0.3) is 0 Å². The van der Waals surface area contributed by atoms with Gasteiger partial charge in [0.2, 0.25) is 0 Å². The van der Waals surface area contributed by atoms with Crippen molar-refractivity contribution in [2.45, 2.75) is 19.3 Å². The predicted octanol–water partition coefficient (Wildman–Crippen LogP) is 12.7. The lowest BCUT2D eigenvalue weighted by atomic mass is 9.82. The number of nitrogens with zero attached hydrogens (tertiary/aromatic N) is 1. The van der Waals surface area contributed by atoms with E-state index < -0.39 is 0 Å². The number of thiophene rings is 1. The largest absolute Gasteiger partial charge is 0.310 e. The molecule has 2 heteroatoms. The zero-order valence-corrected chi connectivity index (χ0v) is 26.1. The number of hydrogen-bond donors (Lipinski definition) is 0. The normalized spacial score (nSPS) is 13.3. The SMILES string of the molecule is CC1(C)c2ccccc2-c2ccc(N(c3ccc(-c4ccccc4)cc3)c3cc4ccccc4c4sc5ccccc5c34)cc21. The topological polar surface area (TPSA) is 3.24 Å². The molecule has 1 nitrogen and oxygen atoms in total. The van der Waals surface area contributed by atoms with Crippen LogP contribution in [-0.4, -0.2) is 0 Å². The number of hydrogen-bond acceptors (Lipinski definition) is 2. The summed E-state index contributed by atoms with van der Waals surface area (Å²) in [5.41, 5.74) is 11.3. The van der Waals surface area contributed by atoms with Crippen LogP contribution in [0, 0.1) is 0 Å². The highest BCUT2D eigenvalue weighted by Gasteiger charge is 2.36. The highest BCUT2D eigenvalue weighted by molar-refractivity contribution is 7.26. The first-order valence-corrected chi connectivity index (χ1v) is 16.4. The van der Waals surface area contributed by atoms with Crippen LogP contribution in [0.1, 0.15) is 25.0 Å². The first kappa shape index (κ1) is 26.2. The van der Waals surface area contributed by atoms with Crippen LogP contribution >= 0.6 is 11.3 Å². The van der Waals surface area contributed by atoms with Gasteiger partial charge in [-0.25, -0.2) is 0 Å². The third-order valence-electron chi connectivity index (χ3n) is 9.65. The van der Waals surface area contributed by atoms with Crippen LogP contribution in [0.3, 0.4) is 0 Å². The summed E-state index contributed by atoms with van der Waals surface area (Å²) in [6.45, 7) is 4.72. The van der Waals surface area contributed by atoms with Gasteiger partial charge in [0.15, 0.2) is 0 Å². The van der Waals surface area contributed by atoms with Crippen LogP contribution in [0.4, 0.5) is 17.1 Å². The lowest BCUT2D eigenvalue weighted by Gasteiger charge is -2.29. The predicted molar refractivity (Wildman–Crippen MR) is 195 cm³/mol. The molecule has 1 aliphatic carbocycles.